The highest BCUT2D eigenvalue weighted by molar-refractivity contribution is 4.87. The molecule has 0 saturated carbocycles. The standard InChI is InChI=1S/C10H19F3N2/c1-3-7-15-9(2,8-14)5-4-6-10(11,12)13/h3,15H,1,4-8,14H2,2H3. The van der Waals surface area contributed by atoms with E-state index in [0.29, 0.717) is 19.5 Å². The Balaban J connectivity index is 3.92. The molecule has 0 bridgehead atoms. The maximum Gasteiger partial charge on any atom is 0.389 e. The average Bonchev–Trinajstić information content (AvgIpc) is 2.13. The molecule has 90 valence electrons. The van der Waals surface area contributed by atoms with E-state index < -0.39 is 18.1 Å². The summed E-state index contributed by atoms with van der Waals surface area (Å²) in [6.07, 6.45) is -2.65. The normalized spacial score (nSPS) is 16.1. The number of hydrogen-bond acceptors (Lipinski definition) is 2. The van der Waals surface area contributed by atoms with Gasteiger partial charge in [0.1, 0.15) is 0 Å². The fraction of sp³-hybridized carbons (Fsp3) is 0.800. The van der Waals surface area contributed by atoms with Crippen LogP contribution in [0.25, 0.3) is 0 Å². The zero-order chi connectivity index (χ0) is 11.9. The Hall–Kier alpha value is -0.550. The van der Waals surface area contributed by atoms with Gasteiger partial charge in [-0.3, -0.25) is 0 Å². The van der Waals surface area contributed by atoms with E-state index in [-0.39, 0.29) is 6.42 Å². The minimum atomic E-state index is -4.08. The number of halogens is 3. The van der Waals surface area contributed by atoms with Gasteiger partial charge >= 0.3 is 6.18 Å². The Labute approximate surface area is 88.7 Å². The predicted molar refractivity (Wildman–Crippen MR) is 55.6 cm³/mol. The van der Waals surface area contributed by atoms with E-state index in [2.05, 4.69) is 11.9 Å². The molecule has 0 fully saturated rings. The Morgan fingerprint density at radius 3 is 2.33 bits per heavy atom. The summed E-state index contributed by atoms with van der Waals surface area (Å²) in [6, 6.07) is 0. The van der Waals surface area contributed by atoms with Crippen molar-refractivity contribution in [2.45, 2.75) is 37.9 Å². The molecule has 1 atom stereocenters. The van der Waals surface area contributed by atoms with E-state index in [1.807, 2.05) is 6.92 Å². The molecule has 1 unspecified atom stereocenters. The molecule has 0 aromatic heterocycles. The molecule has 0 aliphatic rings. The Bertz CT molecular complexity index is 192. The van der Waals surface area contributed by atoms with Gasteiger partial charge in [-0.25, -0.2) is 0 Å². The summed E-state index contributed by atoms with van der Waals surface area (Å²) in [7, 11) is 0. The van der Waals surface area contributed by atoms with Crippen molar-refractivity contribution < 1.29 is 13.2 Å². The second-order valence-electron chi connectivity index (χ2n) is 3.90. The first-order valence-corrected chi connectivity index (χ1v) is 4.96. The third-order valence-electron chi connectivity index (χ3n) is 2.31. The molecular formula is C10H19F3N2. The lowest BCUT2D eigenvalue weighted by molar-refractivity contribution is -0.136. The van der Waals surface area contributed by atoms with Crippen molar-refractivity contribution in [1.29, 1.82) is 0 Å². The van der Waals surface area contributed by atoms with Crippen LogP contribution in [0.5, 0.6) is 0 Å². The summed E-state index contributed by atoms with van der Waals surface area (Å²) in [5.41, 5.74) is 5.09. The van der Waals surface area contributed by atoms with Gasteiger partial charge < -0.3 is 11.1 Å². The third kappa shape index (κ3) is 7.39. The first-order valence-electron chi connectivity index (χ1n) is 4.96. The number of nitrogens with one attached hydrogen (secondary N) is 1. The van der Waals surface area contributed by atoms with Crippen LogP contribution in [0, 0.1) is 0 Å². The molecule has 5 heteroatoms. The molecule has 0 spiro atoms. The highest BCUT2D eigenvalue weighted by Crippen LogP contribution is 2.24. The van der Waals surface area contributed by atoms with Gasteiger partial charge in [-0.2, -0.15) is 13.2 Å². The molecule has 0 aliphatic carbocycles. The van der Waals surface area contributed by atoms with Crippen molar-refractivity contribution in [2.24, 2.45) is 5.73 Å². The summed E-state index contributed by atoms with van der Waals surface area (Å²) >= 11 is 0. The van der Waals surface area contributed by atoms with Crippen LogP contribution in [0.4, 0.5) is 13.2 Å². The predicted octanol–water partition coefficient (Wildman–Crippen LogP) is 2.21. The molecule has 0 rings (SSSR count). The van der Waals surface area contributed by atoms with E-state index >= 15 is 0 Å². The van der Waals surface area contributed by atoms with Gasteiger partial charge in [0.15, 0.2) is 0 Å². The summed E-state index contributed by atoms with van der Waals surface area (Å²) < 4.78 is 35.8. The smallest absolute Gasteiger partial charge is 0.329 e. The fourth-order valence-corrected chi connectivity index (χ4v) is 1.26. The van der Waals surface area contributed by atoms with E-state index in [1.165, 1.54) is 0 Å². The first-order chi connectivity index (χ1) is 6.83. The van der Waals surface area contributed by atoms with Gasteiger partial charge in [-0.15, -0.1) is 6.58 Å². The van der Waals surface area contributed by atoms with Crippen molar-refractivity contribution in [3.8, 4) is 0 Å². The Kier molecular flexibility index (Phi) is 5.90. The quantitative estimate of drug-likeness (QED) is 0.651. The molecule has 2 nitrogen and oxygen atoms in total. The number of rotatable bonds is 7. The zero-order valence-corrected chi connectivity index (χ0v) is 9.03. The molecule has 0 amide bonds. The highest BCUT2D eigenvalue weighted by atomic mass is 19.4. The molecule has 0 aromatic rings. The lowest BCUT2D eigenvalue weighted by Gasteiger charge is -2.29. The van der Waals surface area contributed by atoms with Crippen LogP contribution in [0.2, 0.25) is 0 Å². The fourth-order valence-electron chi connectivity index (χ4n) is 1.26. The molecule has 15 heavy (non-hydrogen) atoms. The third-order valence-corrected chi connectivity index (χ3v) is 2.31. The molecule has 0 radical (unpaired) electrons. The van der Waals surface area contributed by atoms with Gasteiger partial charge in [0.25, 0.3) is 0 Å². The van der Waals surface area contributed by atoms with E-state index in [9.17, 15) is 13.2 Å². The SMILES string of the molecule is C=CCNC(C)(CN)CCCC(F)(F)F. The summed E-state index contributed by atoms with van der Waals surface area (Å²) in [5, 5.41) is 3.07. The number of nitrogens with two attached hydrogens (primary N) is 1. The highest BCUT2D eigenvalue weighted by Gasteiger charge is 2.29. The van der Waals surface area contributed by atoms with Crippen LogP contribution in [-0.2, 0) is 0 Å². The van der Waals surface area contributed by atoms with E-state index in [1.54, 1.807) is 6.08 Å². The maximum absolute atomic E-state index is 11.9. The van der Waals surface area contributed by atoms with Crippen molar-refractivity contribution in [1.82, 2.24) is 5.32 Å². The zero-order valence-electron chi connectivity index (χ0n) is 9.03. The lowest BCUT2D eigenvalue weighted by Crippen LogP contribution is -2.48. The Morgan fingerprint density at radius 2 is 1.93 bits per heavy atom. The van der Waals surface area contributed by atoms with Crippen LogP contribution in [0.1, 0.15) is 26.2 Å². The average molecular weight is 224 g/mol. The minimum absolute atomic E-state index is 0.0986. The lowest BCUT2D eigenvalue weighted by atomic mass is 9.95. The van der Waals surface area contributed by atoms with Crippen molar-refractivity contribution in [2.75, 3.05) is 13.1 Å². The van der Waals surface area contributed by atoms with Gasteiger partial charge in [0.2, 0.25) is 0 Å². The van der Waals surface area contributed by atoms with Crippen molar-refractivity contribution in [3.05, 3.63) is 12.7 Å². The Morgan fingerprint density at radius 1 is 1.33 bits per heavy atom. The molecule has 3 N–H and O–H groups in total. The summed E-state index contributed by atoms with van der Waals surface area (Å²) in [6.45, 7) is 6.23. The van der Waals surface area contributed by atoms with Crippen LogP contribution < -0.4 is 11.1 Å². The largest absolute Gasteiger partial charge is 0.389 e. The van der Waals surface area contributed by atoms with Crippen molar-refractivity contribution >= 4 is 0 Å². The molecule has 0 aromatic carbocycles. The maximum atomic E-state index is 11.9. The van der Waals surface area contributed by atoms with Crippen LogP contribution >= 0.6 is 0 Å². The van der Waals surface area contributed by atoms with Crippen LogP contribution in [0.3, 0.4) is 0 Å². The molecule has 0 aliphatic heterocycles. The second kappa shape index (κ2) is 6.12. The molecular weight excluding hydrogens is 205 g/mol. The molecule has 0 saturated heterocycles. The van der Waals surface area contributed by atoms with Gasteiger partial charge in [-0.05, 0) is 19.8 Å². The van der Waals surface area contributed by atoms with E-state index in [0.717, 1.165) is 0 Å². The van der Waals surface area contributed by atoms with E-state index in [4.69, 9.17) is 5.73 Å². The molecule has 0 heterocycles. The number of hydrogen-bond donors (Lipinski definition) is 2. The van der Waals surface area contributed by atoms with Gasteiger partial charge in [0.05, 0.1) is 0 Å². The van der Waals surface area contributed by atoms with Crippen molar-refractivity contribution in [3.63, 3.8) is 0 Å². The topological polar surface area (TPSA) is 38.0 Å². The van der Waals surface area contributed by atoms with Gasteiger partial charge in [-0.1, -0.05) is 6.08 Å². The second-order valence-corrected chi connectivity index (χ2v) is 3.90. The minimum Gasteiger partial charge on any atom is -0.329 e. The van der Waals surface area contributed by atoms with Crippen LogP contribution in [-0.4, -0.2) is 24.8 Å². The van der Waals surface area contributed by atoms with Crippen LogP contribution in [0.15, 0.2) is 12.7 Å². The number of alkyl halides is 3. The first kappa shape index (κ1) is 14.5. The monoisotopic (exact) mass is 224 g/mol. The summed E-state index contributed by atoms with van der Waals surface area (Å²) in [4.78, 5) is 0. The summed E-state index contributed by atoms with van der Waals surface area (Å²) in [5.74, 6) is 0. The van der Waals surface area contributed by atoms with Gasteiger partial charge in [0, 0.05) is 25.0 Å².